The molecule has 0 aromatic carbocycles. The smallest absolute Gasteiger partial charge is 0.306 e. The Balaban J connectivity index is 3.45. The SMILES string of the molecule is CCCCC/C=C\C/C=C\CCCCCCCCCCCC(=O)OC(CO)COCCCCCCCCCC/C=C\C/C=C\CCCCCC. The van der Waals surface area contributed by atoms with Crippen molar-refractivity contribution in [1.29, 1.82) is 0 Å². The topological polar surface area (TPSA) is 55.8 Å². The maximum atomic E-state index is 12.2. The number of hydrogen-bond acceptors (Lipinski definition) is 4. The molecule has 0 aromatic rings. The van der Waals surface area contributed by atoms with Crippen molar-refractivity contribution in [2.24, 2.45) is 0 Å². The summed E-state index contributed by atoms with van der Waals surface area (Å²) in [6, 6.07) is 0. The van der Waals surface area contributed by atoms with Crippen molar-refractivity contribution in [3.8, 4) is 0 Å². The van der Waals surface area contributed by atoms with Crippen LogP contribution in [0.5, 0.6) is 0 Å². The molecule has 1 atom stereocenters. The molecule has 4 nitrogen and oxygen atoms in total. The predicted molar refractivity (Wildman–Crippen MR) is 219 cm³/mol. The largest absolute Gasteiger partial charge is 0.457 e. The standard InChI is InChI=1S/C46H84O4/c1-3-5-7-9-11-13-15-17-19-21-23-25-27-29-31-33-35-37-39-41-46(48)50-45(43-47)44-49-42-40-38-36-34-32-30-28-26-24-22-20-18-16-14-12-10-8-6-4-2/h11,13-14,16-17,19-20,22,45,47H,3-10,12,15,18,21,23-44H2,1-2H3/b13-11-,16-14-,19-17-,22-20-. The van der Waals surface area contributed by atoms with Crippen molar-refractivity contribution < 1.29 is 19.4 Å². The van der Waals surface area contributed by atoms with Crippen LogP contribution < -0.4 is 0 Å². The van der Waals surface area contributed by atoms with Crippen LogP contribution in [0.15, 0.2) is 48.6 Å². The normalized spacial score (nSPS) is 12.8. The fourth-order valence-corrected chi connectivity index (χ4v) is 6.09. The third-order valence-corrected chi connectivity index (χ3v) is 9.38. The first kappa shape index (κ1) is 48.3. The van der Waals surface area contributed by atoms with Crippen molar-refractivity contribution in [3.05, 3.63) is 48.6 Å². The minimum absolute atomic E-state index is 0.176. The Hall–Kier alpha value is -1.65. The minimum atomic E-state index is -0.540. The van der Waals surface area contributed by atoms with Crippen LogP contribution in [-0.4, -0.2) is 37.0 Å². The van der Waals surface area contributed by atoms with E-state index in [1.54, 1.807) is 0 Å². The molecule has 0 heterocycles. The number of allylic oxidation sites excluding steroid dienone is 8. The molecule has 50 heavy (non-hydrogen) atoms. The number of esters is 1. The molecule has 0 aromatic heterocycles. The van der Waals surface area contributed by atoms with Gasteiger partial charge in [0.2, 0.25) is 0 Å². The molecule has 0 saturated carbocycles. The fourth-order valence-electron chi connectivity index (χ4n) is 6.09. The Kier molecular flexibility index (Phi) is 42.1. The first-order valence-corrected chi connectivity index (χ1v) is 21.7. The molecule has 4 heteroatoms. The van der Waals surface area contributed by atoms with E-state index >= 15 is 0 Å². The van der Waals surface area contributed by atoms with Gasteiger partial charge in [0.05, 0.1) is 13.2 Å². The van der Waals surface area contributed by atoms with Gasteiger partial charge in [0.25, 0.3) is 0 Å². The Morgan fingerprint density at radius 1 is 0.480 bits per heavy atom. The molecule has 0 fully saturated rings. The van der Waals surface area contributed by atoms with E-state index in [0.29, 0.717) is 19.6 Å². The highest BCUT2D eigenvalue weighted by atomic mass is 16.6. The quantitative estimate of drug-likeness (QED) is 0.0393. The summed E-state index contributed by atoms with van der Waals surface area (Å²) >= 11 is 0. The maximum Gasteiger partial charge on any atom is 0.306 e. The second-order valence-corrected chi connectivity index (χ2v) is 14.4. The molecular formula is C46H84O4. The summed E-state index contributed by atoms with van der Waals surface area (Å²) < 4.78 is 11.2. The Labute approximate surface area is 312 Å². The van der Waals surface area contributed by atoms with Gasteiger partial charge in [-0.3, -0.25) is 4.79 Å². The van der Waals surface area contributed by atoms with Crippen molar-refractivity contribution in [3.63, 3.8) is 0 Å². The lowest BCUT2D eigenvalue weighted by Crippen LogP contribution is -2.27. The molecule has 0 aliphatic carbocycles. The molecule has 0 saturated heterocycles. The van der Waals surface area contributed by atoms with E-state index in [4.69, 9.17) is 9.47 Å². The molecule has 1 unspecified atom stereocenters. The molecule has 0 rings (SSSR count). The summed E-state index contributed by atoms with van der Waals surface area (Å²) in [5, 5.41) is 9.61. The number of carbonyl (C=O) groups is 1. The zero-order valence-electron chi connectivity index (χ0n) is 33.4. The molecule has 0 amide bonds. The molecule has 0 bridgehead atoms. The number of unbranched alkanes of at least 4 members (excludes halogenated alkanes) is 24. The number of hydrogen-bond donors (Lipinski definition) is 1. The lowest BCUT2D eigenvalue weighted by Gasteiger charge is -2.16. The van der Waals surface area contributed by atoms with Gasteiger partial charge in [-0.15, -0.1) is 0 Å². The van der Waals surface area contributed by atoms with Gasteiger partial charge in [-0.2, -0.15) is 0 Å². The van der Waals surface area contributed by atoms with E-state index in [2.05, 4.69) is 62.5 Å². The molecule has 0 aliphatic heterocycles. The van der Waals surface area contributed by atoms with Crippen LogP contribution >= 0.6 is 0 Å². The minimum Gasteiger partial charge on any atom is -0.457 e. The van der Waals surface area contributed by atoms with Gasteiger partial charge in [0, 0.05) is 13.0 Å². The van der Waals surface area contributed by atoms with Crippen LogP contribution in [0.4, 0.5) is 0 Å². The number of aliphatic hydroxyl groups excluding tert-OH is 1. The van der Waals surface area contributed by atoms with Crippen LogP contribution in [0.2, 0.25) is 0 Å². The summed E-state index contributed by atoms with van der Waals surface area (Å²) in [5.41, 5.74) is 0. The Morgan fingerprint density at radius 2 is 0.840 bits per heavy atom. The van der Waals surface area contributed by atoms with Gasteiger partial charge in [-0.25, -0.2) is 0 Å². The first-order chi connectivity index (χ1) is 24.7. The van der Waals surface area contributed by atoms with Crippen LogP contribution in [0.3, 0.4) is 0 Å². The highest BCUT2D eigenvalue weighted by Gasteiger charge is 2.13. The zero-order chi connectivity index (χ0) is 36.3. The molecular weight excluding hydrogens is 617 g/mol. The molecule has 0 radical (unpaired) electrons. The van der Waals surface area contributed by atoms with Crippen LogP contribution in [0, 0.1) is 0 Å². The lowest BCUT2D eigenvalue weighted by molar-refractivity contribution is -0.154. The second kappa shape index (κ2) is 43.5. The van der Waals surface area contributed by atoms with E-state index < -0.39 is 6.10 Å². The predicted octanol–water partition coefficient (Wildman–Crippen LogP) is 14.3. The van der Waals surface area contributed by atoms with E-state index in [1.165, 1.54) is 161 Å². The van der Waals surface area contributed by atoms with Gasteiger partial charge in [0.15, 0.2) is 0 Å². The van der Waals surface area contributed by atoms with Gasteiger partial charge in [-0.05, 0) is 77.0 Å². The van der Waals surface area contributed by atoms with Crippen molar-refractivity contribution >= 4 is 5.97 Å². The third kappa shape index (κ3) is 40.8. The van der Waals surface area contributed by atoms with E-state index in [1.807, 2.05) is 0 Å². The molecule has 1 N–H and O–H groups in total. The molecule has 0 aliphatic rings. The first-order valence-electron chi connectivity index (χ1n) is 21.7. The van der Waals surface area contributed by atoms with Crippen molar-refractivity contribution in [1.82, 2.24) is 0 Å². The summed E-state index contributed by atoms with van der Waals surface area (Å²) in [4.78, 5) is 12.2. The highest BCUT2D eigenvalue weighted by Crippen LogP contribution is 2.13. The third-order valence-electron chi connectivity index (χ3n) is 9.38. The number of rotatable bonds is 40. The van der Waals surface area contributed by atoms with E-state index in [-0.39, 0.29) is 12.6 Å². The highest BCUT2D eigenvalue weighted by molar-refractivity contribution is 5.69. The summed E-state index contributed by atoms with van der Waals surface area (Å²) in [5.74, 6) is -0.207. The average Bonchev–Trinajstić information content (AvgIpc) is 3.12. The molecule has 0 spiro atoms. The van der Waals surface area contributed by atoms with E-state index in [9.17, 15) is 9.90 Å². The van der Waals surface area contributed by atoms with Crippen LogP contribution in [0.1, 0.15) is 213 Å². The number of aliphatic hydroxyl groups is 1. The lowest BCUT2D eigenvalue weighted by atomic mass is 10.1. The van der Waals surface area contributed by atoms with Crippen molar-refractivity contribution in [2.45, 2.75) is 219 Å². The van der Waals surface area contributed by atoms with Gasteiger partial charge in [-0.1, -0.05) is 178 Å². The number of ether oxygens (including phenoxy) is 2. The average molecular weight is 701 g/mol. The van der Waals surface area contributed by atoms with Crippen molar-refractivity contribution in [2.75, 3.05) is 19.8 Å². The monoisotopic (exact) mass is 701 g/mol. The van der Waals surface area contributed by atoms with Crippen LogP contribution in [-0.2, 0) is 14.3 Å². The Morgan fingerprint density at radius 3 is 1.28 bits per heavy atom. The maximum absolute atomic E-state index is 12.2. The van der Waals surface area contributed by atoms with Gasteiger partial charge < -0.3 is 14.6 Å². The van der Waals surface area contributed by atoms with E-state index in [0.717, 1.165) is 32.1 Å². The van der Waals surface area contributed by atoms with Gasteiger partial charge in [0.1, 0.15) is 6.10 Å². The van der Waals surface area contributed by atoms with Crippen LogP contribution in [0.25, 0.3) is 0 Å². The summed E-state index contributed by atoms with van der Waals surface area (Å²) in [6.07, 6.45) is 55.9. The second-order valence-electron chi connectivity index (χ2n) is 14.4. The number of carbonyl (C=O) groups excluding carboxylic acids is 1. The zero-order valence-corrected chi connectivity index (χ0v) is 33.4. The Bertz CT molecular complexity index is 783. The van der Waals surface area contributed by atoms with Gasteiger partial charge >= 0.3 is 5.97 Å². The summed E-state index contributed by atoms with van der Waals surface area (Å²) in [7, 11) is 0. The molecule has 292 valence electrons. The fraction of sp³-hybridized carbons (Fsp3) is 0.804. The summed E-state index contributed by atoms with van der Waals surface area (Å²) in [6.45, 7) is 5.30.